The van der Waals surface area contributed by atoms with Crippen LogP contribution in [0.4, 0.5) is 5.69 Å². The molecule has 1 heterocycles. The van der Waals surface area contributed by atoms with Crippen molar-refractivity contribution in [2.24, 2.45) is 5.92 Å². The van der Waals surface area contributed by atoms with Crippen LogP contribution in [-0.4, -0.2) is 19.0 Å². The van der Waals surface area contributed by atoms with Crippen LogP contribution in [0.2, 0.25) is 0 Å². The summed E-state index contributed by atoms with van der Waals surface area (Å²) in [5.74, 6) is -0.0577. The van der Waals surface area contributed by atoms with Crippen LogP contribution in [0.1, 0.15) is 30.9 Å². The normalized spacial score (nSPS) is 19.1. The molecule has 0 amide bonds. The minimum atomic E-state index is -0.598. The fourth-order valence-corrected chi connectivity index (χ4v) is 3.33. The zero-order chi connectivity index (χ0) is 17.1. The van der Waals surface area contributed by atoms with Gasteiger partial charge in [0.05, 0.1) is 6.07 Å². The number of benzene rings is 2. The number of anilines is 1. The van der Waals surface area contributed by atoms with E-state index >= 15 is 0 Å². The molecule has 0 aliphatic carbocycles. The van der Waals surface area contributed by atoms with Gasteiger partial charge in [-0.25, -0.2) is 0 Å². The molecule has 0 fully saturated rings. The van der Waals surface area contributed by atoms with Crippen molar-refractivity contribution in [3.05, 3.63) is 59.7 Å². The molecule has 0 bridgehead atoms. The lowest BCUT2D eigenvalue weighted by Crippen LogP contribution is -2.31. The van der Waals surface area contributed by atoms with Crippen molar-refractivity contribution in [3.8, 4) is 11.8 Å². The van der Waals surface area contributed by atoms with Gasteiger partial charge in [-0.1, -0.05) is 36.4 Å². The predicted molar refractivity (Wildman–Crippen MR) is 95.7 cm³/mol. The molecule has 2 aromatic carbocycles. The average molecular weight is 319 g/mol. The van der Waals surface area contributed by atoms with Crippen LogP contribution in [0.3, 0.4) is 0 Å². The van der Waals surface area contributed by atoms with Crippen LogP contribution in [0.15, 0.2) is 48.5 Å². The highest BCUT2D eigenvalue weighted by molar-refractivity contribution is 5.85. The molecule has 3 rings (SSSR count). The number of rotatable bonds is 4. The van der Waals surface area contributed by atoms with Gasteiger partial charge in [0.1, 0.15) is 11.7 Å². The van der Waals surface area contributed by atoms with E-state index in [1.807, 2.05) is 42.5 Å². The molecule has 122 valence electrons. The smallest absolute Gasteiger partial charge is 0.205 e. The zero-order valence-electron chi connectivity index (χ0n) is 14.0. The predicted octanol–water partition coefficient (Wildman–Crippen LogP) is 4.17. The molecule has 2 unspecified atom stereocenters. The monoisotopic (exact) mass is 319 g/mol. The Hall–Kier alpha value is -2.80. The Morgan fingerprint density at radius 3 is 2.46 bits per heavy atom. The first kappa shape index (κ1) is 16.1. The maximum atomic E-state index is 9.56. The highest BCUT2D eigenvalue weighted by atomic mass is 16.5. The molecule has 24 heavy (non-hydrogen) atoms. The van der Waals surface area contributed by atoms with Crippen molar-refractivity contribution < 1.29 is 4.74 Å². The summed E-state index contributed by atoms with van der Waals surface area (Å²) in [6.45, 7) is 6.06. The lowest BCUT2D eigenvalue weighted by molar-refractivity contribution is 0.450. The summed E-state index contributed by atoms with van der Waals surface area (Å²) in [5.41, 5.74) is 3.09. The first-order valence-electron chi connectivity index (χ1n) is 8.29. The third-order valence-corrected chi connectivity index (χ3v) is 4.59. The van der Waals surface area contributed by atoms with E-state index in [9.17, 15) is 5.26 Å². The Labute approximate surface area is 142 Å². The Balaban J connectivity index is 2.11. The molecule has 4 nitrogen and oxygen atoms in total. The summed E-state index contributed by atoms with van der Waals surface area (Å²) in [4.78, 5) is 2.24. The standard InChI is InChI=1S/C20H21N3O/c1-3-23(4-2)15-10-11-16-18(12-15)24-20(22)17(13-21)19(16)14-8-6-5-7-9-14/h5-12,17,19,22H,3-4H2,1-2H3. The van der Waals surface area contributed by atoms with Gasteiger partial charge in [0.25, 0.3) is 0 Å². The van der Waals surface area contributed by atoms with Crippen molar-refractivity contribution in [1.29, 1.82) is 10.7 Å². The van der Waals surface area contributed by atoms with Crippen LogP contribution in [0.25, 0.3) is 0 Å². The van der Waals surface area contributed by atoms with E-state index in [1.165, 1.54) is 0 Å². The summed E-state index contributed by atoms with van der Waals surface area (Å²) in [6, 6.07) is 18.3. The van der Waals surface area contributed by atoms with Crippen molar-refractivity contribution in [2.45, 2.75) is 19.8 Å². The lowest BCUT2D eigenvalue weighted by Gasteiger charge is -2.31. The third kappa shape index (κ3) is 2.74. The van der Waals surface area contributed by atoms with E-state index in [4.69, 9.17) is 10.1 Å². The second-order valence-corrected chi connectivity index (χ2v) is 5.86. The summed E-state index contributed by atoms with van der Waals surface area (Å²) >= 11 is 0. The van der Waals surface area contributed by atoms with E-state index in [-0.39, 0.29) is 11.8 Å². The SMILES string of the molecule is CCN(CC)c1ccc2c(c1)OC(=N)C(C#N)C2c1ccccc1. The van der Waals surface area contributed by atoms with Gasteiger partial charge in [-0.05, 0) is 25.5 Å². The molecule has 0 spiro atoms. The largest absolute Gasteiger partial charge is 0.442 e. The maximum Gasteiger partial charge on any atom is 0.205 e. The maximum absolute atomic E-state index is 9.56. The number of nitrogens with zero attached hydrogens (tertiary/aromatic N) is 2. The molecule has 4 heteroatoms. The molecule has 1 aliphatic heterocycles. The molecular formula is C20H21N3O. The first-order valence-corrected chi connectivity index (χ1v) is 8.29. The average Bonchev–Trinajstić information content (AvgIpc) is 2.62. The Morgan fingerprint density at radius 1 is 1.12 bits per heavy atom. The van der Waals surface area contributed by atoms with Crippen molar-refractivity contribution in [3.63, 3.8) is 0 Å². The van der Waals surface area contributed by atoms with Gasteiger partial charge in [0.2, 0.25) is 5.90 Å². The summed E-state index contributed by atoms with van der Waals surface area (Å²) in [6.07, 6.45) is 0. The fourth-order valence-electron chi connectivity index (χ4n) is 3.33. The molecule has 0 aromatic heterocycles. The van der Waals surface area contributed by atoms with Crippen LogP contribution in [0.5, 0.6) is 5.75 Å². The van der Waals surface area contributed by atoms with Gasteiger partial charge < -0.3 is 9.64 Å². The van der Waals surface area contributed by atoms with Gasteiger partial charge in [-0.3, -0.25) is 5.41 Å². The molecule has 0 saturated heterocycles. The summed E-state index contributed by atoms with van der Waals surface area (Å²) < 4.78 is 5.70. The third-order valence-electron chi connectivity index (χ3n) is 4.59. The van der Waals surface area contributed by atoms with E-state index in [2.05, 4.69) is 30.9 Å². The van der Waals surface area contributed by atoms with Crippen molar-refractivity contribution in [1.82, 2.24) is 0 Å². The molecule has 2 atom stereocenters. The highest BCUT2D eigenvalue weighted by Gasteiger charge is 2.36. The molecule has 1 aliphatic rings. The van der Waals surface area contributed by atoms with Crippen LogP contribution < -0.4 is 9.64 Å². The number of nitriles is 1. The van der Waals surface area contributed by atoms with Gasteiger partial charge in [0.15, 0.2) is 0 Å². The van der Waals surface area contributed by atoms with Gasteiger partial charge in [0, 0.05) is 36.3 Å². The Kier molecular flexibility index (Phi) is 4.52. The van der Waals surface area contributed by atoms with E-state index in [0.29, 0.717) is 5.75 Å². The second-order valence-electron chi connectivity index (χ2n) is 5.86. The van der Waals surface area contributed by atoms with Gasteiger partial charge in [-0.15, -0.1) is 0 Å². The quantitative estimate of drug-likeness (QED) is 0.920. The highest BCUT2D eigenvalue weighted by Crippen LogP contribution is 2.43. The van der Waals surface area contributed by atoms with Crippen molar-refractivity contribution in [2.75, 3.05) is 18.0 Å². The Bertz CT molecular complexity index is 775. The number of nitrogens with one attached hydrogen (secondary N) is 1. The van der Waals surface area contributed by atoms with E-state index in [1.54, 1.807) is 0 Å². The lowest BCUT2D eigenvalue weighted by atomic mass is 9.79. The zero-order valence-corrected chi connectivity index (χ0v) is 14.0. The van der Waals surface area contributed by atoms with Crippen LogP contribution in [-0.2, 0) is 0 Å². The number of hydrogen-bond donors (Lipinski definition) is 1. The van der Waals surface area contributed by atoms with Crippen LogP contribution in [0, 0.1) is 22.7 Å². The van der Waals surface area contributed by atoms with Gasteiger partial charge in [-0.2, -0.15) is 5.26 Å². The van der Waals surface area contributed by atoms with Crippen molar-refractivity contribution >= 4 is 11.6 Å². The number of hydrogen-bond acceptors (Lipinski definition) is 4. The minimum absolute atomic E-state index is 0.0237. The number of ether oxygens (including phenoxy) is 1. The van der Waals surface area contributed by atoms with E-state index in [0.717, 1.165) is 29.9 Å². The molecule has 2 aromatic rings. The summed E-state index contributed by atoms with van der Waals surface area (Å²) in [5, 5.41) is 17.7. The molecule has 0 radical (unpaired) electrons. The molecule has 0 saturated carbocycles. The molecular weight excluding hydrogens is 298 g/mol. The van der Waals surface area contributed by atoms with E-state index < -0.39 is 5.92 Å². The summed E-state index contributed by atoms with van der Waals surface area (Å²) in [7, 11) is 0. The topological polar surface area (TPSA) is 60.1 Å². The number of fused-ring (bicyclic) bond motifs is 1. The fraction of sp³-hybridized carbons (Fsp3) is 0.300. The minimum Gasteiger partial charge on any atom is -0.442 e. The Morgan fingerprint density at radius 2 is 1.83 bits per heavy atom. The molecule has 1 N–H and O–H groups in total. The first-order chi connectivity index (χ1) is 11.7. The second kappa shape index (κ2) is 6.76. The van der Waals surface area contributed by atoms with Gasteiger partial charge >= 0.3 is 0 Å². The van der Waals surface area contributed by atoms with Crippen LogP contribution >= 0.6 is 0 Å².